The minimum absolute atomic E-state index is 0.211. The van der Waals surface area contributed by atoms with Gasteiger partial charge in [-0.2, -0.15) is 0 Å². The van der Waals surface area contributed by atoms with Crippen molar-refractivity contribution in [3.05, 3.63) is 35.4 Å². The molecule has 0 heterocycles. The van der Waals surface area contributed by atoms with Crippen molar-refractivity contribution < 1.29 is 13.6 Å². The van der Waals surface area contributed by atoms with Crippen molar-refractivity contribution in [2.75, 3.05) is 6.54 Å². The SMILES string of the molecule is NC1CC(CNC(=O)c2cc(F)ccc2F)C1. The number of benzene rings is 1. The van der Waals surface area contributed by atoms with E-state index in [9.17, 15) is 13.6 Å². The third kappa shape index (κ3) is 2.79. The van der Waals surface area contributed by atoms with E-state index in [0.29, 0.717) is 12.5 Å². The summed E-state index contributed by atoms with van der Waals surface area (Å²) in [5.41, 5.74) is 5.35. The van der Waals surface area contributed by atoms with E-state index >= 15 is 0 Å². The molecular weight excluding hydrogens is 226 g/mol. The van der Waals surface area contributed by atoms with Crippen molar-refractivity contribution in [2.45, 2.75) is 18.9 Å². The number of amides is 1. The highest BCUT2D eigenvalue weighted by atomic mass is 19.1. The highest BCUT2D eigenvalue weighted by Gasteiger charge is 2.26. The molecule has 0 saturated heterocycles. The molecule has 0 unspecified atom stereocenters. The lowest BCUT2D eigenvalue weighted by Crippen LogP contribution is -2.42. The Labute approximate surface area is 98.0 Å². The van der Waals surface area contributed by atoms with Crippen LogP contribution < -0.4 is 11.1 Å². The van der Waals surface area contributed by atoms with Gasteiger partial charge < -0.3 is 11.1 Å². The fourth-order valence-electron chi connectivity index (χ4n) is 1.96. The largest absolute Gasteiger partial charge is 0.352 e. The van der Waals surface area contributed by atoms with Crippen LogP contribution in [0.4, 0.5) is 8.78 Å². The van der Waals surface area contributed by atoms with Crippen LogP contribution in [0, 0.1) is 17.6 Å². The summed E-state index contributed by atoms with van der Waals surface area (Å²) in [5, 5.41) is 2.59. The Morgan fingerprint density at radius 3 is 2.76 bits per heavy atom. The minimum atomic E-state index is -0.714. The first-order valence-corrected chi connectivity index (χ1v) is 5.55. The lowest BCUT2D eigenvalue weighted by molar-refractivity contribution is 0.0931. The molecule has 17 heavy (non-hydrogen) atoms. The number of nitrogens with one attached hydrogen (secondary N) is 1. The molecule has 92 valence electrons. The van der Waals surface area contributed by atoms with Crippen molar-refractivity contribution in [1.29, 1.82) is 0 Å². The van der Waals surface area contributed by atoms with Crippen molar-refractivity contribution in [3.8, 4) is 0 Å². The van der Waals surface area contributed by atoms with E-state index in [1.165, 1.54) is 0 Å². The molecule has 0 aliphatic heterocycles. The second kappa shape index (κ2) is 4.79. The third-order valence-corrected chi connectivity index (χ3v) is 3.00. The maximum atomic E-state index is 13.3. The topological polar surface area (TPSA) is 55.1 Å². The fraction of sp³-hybridized carbons (Fsp3) is 0.417. The van der Waals surface area contributed by atoms with E-state index in [0.717, 1.165) is 31.0 Å². The van der Waals surface area contributed by atoms with Gasteiger partial charge in [0, 0.05) is 12.6 Å². The third-order valence-electron chi connectivity index (χ3n) is 3.00. The Morgan fingerprint density at radius 2 is 2.12 bits per heavy atom. The molecule has 1 saturated carbocycles. The monoisotopic (exact) mass is 240 g/mol. The van der Waals surface area contributed by atoms with Crippen LogP contribution in [0.2, 0.25) is 0 Å². The number of hydrogen-bond donors (Lipinski definition) is 2. The Hall–Kier alpha value is -1.49. The molecule has 3 N–H and O–H groups in total. The van der Waals surface area contributed by atoms with E-state index < -0.39 is 17.5 Å². The standard InChI is InChI=1S/C12H14F2N2O/c13-8-1-2-11(14)10(5-8)12(17)16-6-7-3-9(15)4-7/h1-2,5,7,9H,3-4,6,15H2,(H,16,17). The zero-order chi connectivity index (χ0) is 12.4. The molecule has 1 aliphatic carbocycles. The molecule has 1 aromatic rings. The molecule has 2 rings (SSSR count). The minimum Gasteiger partial charge on any atom is -0.352 e. The van der Waals surface area contributed by atoms with Gasteiger partial charge in [-0.25, -0.2) is 8.78 Å². The van der Waals surface area contributed by atoms with Crippen LogP contribution in [-0.2, 0) is 0 Å². The number of carbonyl (C=O) groups is 1. The average molecular weight is 240 g/mol. The smallest absolute Gasteiger partial charge is 0.254 e. The van der Waals surface area contributed by atoms with Gasteiger partial charge in [0.25, 0.3) is 5.91 Å². The zero-order valence-corrected chi connectivity index (χ0v) is 9.25. The summed E-state index contributed by atoms with van der Waals surface area (Å²) in [6, 6.07) is 3.04. The molecule has 0 atom stereocenters. The lowest BCUT2D eigenvalue weighted by Gasteiger charge is -2.32. The van der Waals surface area contributed by atoms with Crippen LogP contribution in [-0.4, -0.2) is 18.5 Å². The number of hydrogen-bond acceptors (Lipinski definition) is 2. The first kappa shape index (κ1) is 12.0. The van der Waals surface area contributed by atoms with Crippen LogP contribution in [0.15, 0.2) is 18.2 Å². The average Bonchev–Trinajstić information content (AvgIpc) is 2.26. The van der Waals surface area contributed by atoms with Crippen LogP contribution in [0.25, 0.3) is 0 Å². The summed E-state index contributed by atoms with van der Waals surface area (Å²) < 4.78 is 26.1. The van der Waals surface area contributed by atoms with Gasteiger partial charge >= 0.3 is 0 Å². The molecule has 0 aromatic heterocycles. The van der Waals surface area contributed by atoms with Crippen molar-refractivity contribution in [1.82, 2.24) is 5.32 Å². The second-order valence-corrected chi connectivity index (χ2v) is 4.43. The molecule has 1 amide bonds. The number of halogens is 2. The van der Waals surface area contributed by atoms with E-state index in [1.54, 1.807) is 0 Å². The quantitative estimate of drug-likeness (QED) is 0.839. The van der Waals surface area contributed by atoms with Gasteiger partial charge in [-0.05, 0) is 37.0 Å². The lowest BCUT2D eigenvalue weighted by atomic mass is 9.81. The van der Waals surface area contributed by atoms with Gasteiger partial charge in [0.1, 0.15) is 11.6 Å². The molecule has 0 bridgehead atoms. The van der Waals surface area contributed by atoms with Crippen molar-refractivity contribution in [2.24, 2.45) is 11.7 Å². The summed E-state index contributed by atoms with van der Waals surface area (Å²) in [7, 11) is 0. The second-order valence-electron chi connectivity index (χ2n) is 4.43. The number of carbonyl (C=O) groups excluding carboxylic acids is 1. The van der Waals surface area contributed by atoms with E-state index in [1.807, 2.05) is 0 Å². The first-order chi connectivity index (χ1) is 8.06. The Balaban J connectivity index is 1.92. The van der Waals surface area contributed by atoms with Crippen LogP contribution in [0.3, 0.4) is 0 Å². The summed E-state index contributed by atoms with van der Waals surface area (Å²) >= 11 is 0. The van der Waals surface area contributed by atoms with Gasteiger partial charge in [0.15, 0.2) is 0 Å². The summed E-state index contributed by atoms with van der Waals surface area (Å²) in [5.74, 6) is -1.57. The normalized spacial score (nSPS) is 23.0. The molecule has 5 heteroatoms. The summed E-state index contributed by atoms with van der Waals surface area (Å²) in [6.07, 6.45) is 1.73. The first-order valence-electron chi connectivity index (χ1n) is 5.55. The number of nitrogens with two attached hydrogens (primary N) is 1. The zero-order valence-electron chi connectivity index (χ0n) is 9.25. The van der Waals surface area contributed by atoms with Gasteiger partial charge in [-0.3, -0.25) is 4.79 Å². The molecule has 0 spiro atoms. The maximum absolute atomic E-state index is 13.3. The van der Waals surface area contributed by atoms with E-state index in [4.69, 9.17) is 5.73 Å². The fourth-order valence-corrected chi connectivity index (χ4v) is 1.96. The molecule has 1 aromatic carbocycles. The van der Waals surface area contributed by atoms with Crippen LogP contribution >= 0.6 is 0 Å². The molecule has 1 aliphatic rings. The maximum Gasteiger partial charge on any atom is 0.254 e. The van der Waals surface area contributed by atoms with Crippen LogP contribution in [0.1, 0.15) is 23.2 Å². The van der Waals surface area contributed by atoms with Crippen LogP contribution in [0.5, 0.6) is 0 Å². The predicted molar refractivity (Wildman–Crippen MR) is 59.4 cm³/mol. The molecule has 1 fully saturated rings. The Morgan fingerprint density at radius 1 is 1.41 bits per heavy atom. The van der Waals surface area contributed by atoms with Crippen molar-refractivity contribution in [3.63, 3.8) is 0 Å². The van der Waals surface area contributed by atoms with Crippen molar-refractivity contribution >= 4 is 5.91 Å². The summed E-state index contributed by atoms with van der Waals surface area (Å²) in [4.78, 5) is 11.6. The predicted octanol–water partition coefficient (Wildman–Crippen LogP) is 1.43. The van der Waals surface area contributed by atoms with Gasteiger partial charge in [-0.15, -0.1) is 0 Å². The molecule has 3 nitrogen and oxygen atoms in total. The summed E-state index contributed by atoms with van der Waals surface area (Å²) in [6.45, 7) is 0.461. The van der Waals surface area contributed by atoms with Gasteiger partial charge in [-0.1, -0.05) is 0 Å². The Kier molecular flexibility index (Phi) is 3.38. The molecular formula is C12H14F2N2O. The molecule has 0 radical (unpaired) electrons. The van der Waals surface area contributed by atoms with Gasteiger partial charge in [0.05, 0.1) is 5.56 Å². The number of rotatable bonds is 3. The van der Waals surface area contributed by atoms with E-state index in [2.05, 4.69) is 5.32 Å². The highest BCUT2D eigenvalue weighted by molar-refractivity contribution is 5.94. The Bertz CT molecular complexity index is 431. The van der Waals surface area contributed by atoms with Gasteiger partial charge in [0.2, 0.25) is 0 Å². The highest BCUT2D eigenvalue weighted by Crippen LogP contribution is 2.24. The van der Waals surface area contributed by atoms with E-state index in [-0.39, 0.29) is 11.6 Å².